The number of allylic oxidation sites excluding steroid dienone is 4. The standard InChI is InChI=1S/C25H27.C13H10.2ClH.Zr/c1-5-17-11-12-21-19(13-17)14-24-23(21)15-22(16(3)4)20(6-2)25(24)18-9-7-8-10-18;1-3-7-12(8-4-1)11-13-9-5-2-6-10-13;;;/h7-9,11-16H,5-6,10H2,1-4H3;1-10H;2*1H;/q-1;;;;+2/p-2. The third-order valence-electron chi connectivity index (χ3n) is 7.82. The molecule has 0 spiro atoms. The van der Waals surface area contributed by atoms with Gasteiger partial charge in [-0.3, -0.25) is 0 Å². The van der Waals surface area contributed by atoms with Crippen molar-refractivity contribution >= 4 is 30.3 Å². The van der Waals surface area contributed by atoms with E-state index in [9.17, 15) is 0 Å². The van der Waals surface area contributed by atoms with Gasteiger partial charge in [-0.1, -0.05) is 91.9 Å². The van der Waals surface area contributed by atoms with Crippen LogP contribution in [0.1, 0.15) is 73.4 Å². The minimum absolute atomic E-state index is 0. The van der Waals surface area contributed by atoms with Crippen LogP contribution in [0.3, 0.4) is 0 Å². The third-order valence-corrected chi connectivity index (χ3v) is 9.24. The van der Waals surface area contributed by atoms with Crippen LogP contribution in [-0.4, -0.2) is 3.21 Å². The molecule has 41 heavy (non-hydrogen) atoms. The normalized spacial score (nSPS) is 12.0. The summed E-state index contributed by atoms with van der Waals surface area (Å²) in [5, 5.41) is 5.68. The van der Waals surface area contributed by atoms with Crippen molar-refractivity contribution in [2.75, 3.05) is 0 Å². The van der Waals surface area contributed by atoms with Crippen LogP contribution in [0.5, 0.6) is 0 Å². The van der Waals surface area contributed by atoms with Gasteiger partial charge in [0.2, 0.25) is 0 Å². The zero-order valence-corrected chi connectivity index (χ0v) is 28.3. The molecule has 1 aliphatic carbocycles. The Hall–Kier alpha value is -2.44. The van der Waals surface area contributed by atoms with Crippen molar-refractivity contribution < 1.29 is 49.0 Å². The third kappa shape index (κ3) is 7.14. The fourth-order valence-corrected chi connectivity index (χ4v) is 6.58. The molecule has 0 amide bonds. The zero-order valence-electron chi connectivity index (χ0n) is 24.3. The first-order chi connectivity index (χ1) is 19.0. The van der Waals surface area contributed by atoms with Crippen LogP contribution in [0.15, 0.2) is 109 Å². The van der Waals surface area contributed by atoms with Crippen molar-refractivity contribution in [3.05, 3.63) is 143 Å². The van der Waals surface area contributed by atoms with Gasteiger partial charge in [-0.15, -0.1) is 33.7 Å². The van der Waals surface area contributed by atoms with E-state index in [0.29, 0.717) is 5.92 Å². The van der Waals surface area contributed by atoms with E-state index in [1.807, 2.05) is 0 Å². The van der Waals surface area contributed by atoms with Gasteiger partial charge in [-0.2, -0.15) is 0 Å². The number of fused-ring (bicyclic) bond motifs is 3. The Balaban J connectivity index is 0.000000248. The minimum atomic E-state index is 0. The molecule has 0 N–H and O–H groups in total. The molecule has 3 heteroatoms. The number of hydrogen-bond donors (Lipinski definition) is 0. The van der Waals surface area contributed by atoms with E-state index in [2.05, 4.69) is 137 Å². The van der Waals surface area contributed by atoms with E-state index in [1.165, 1.54) is 82.4 Å². The maximum atomic E-state index is 2.47. The summed E-state index contributed by atoms with van der Waals surface area (Å²) in [7, 11) is 0. The number of rotatable bonds is 6. The first-order valence-corrected chi connectivity index (χ1v) is 15.5. The summed E-state index contributed by atoms with van der Waals surface area (Å²) in [4.78, 5) is 0. The van der Waals surface area contributed by atoms with Crippen LogP contribution in [0, 0.1) is 0 Å². The molecule has 208 valence electrons. The zero-order chi connectivity index (χ0) is 27.4. The Morgan fingerprint density at radius 2 is 1.44 bits per heavy atom. The Morgan fingerprint density at radius 3 is 1.95 bits per heavy atom. The molecule has 0 heterocycles. The van der Waals surface area contributed by atoms with Crippen molar-refractivity contribution in [2.45, 2.75) is 52.9 Å². The fraction of sp³-hybridized carbons (Fsp3) is 0.211. The van der Waals surface area contributed by atoms with Crippen molar-refractivity contribution in [1.82, 2.24) is 0 Å². The summed E-state index contributed by atoms with van der Waals surface area (Å²) in [6, 6.07) is 33.0. The second-order valence-electron chi connectivity index (χ2n) is 10.6. The van der Waals surface area contributed by atoms with Gasteiger partial charge in [0.1, 0.15) is 0 Å². The summed E-state index contributed by atoms with van der Waals surface area (Å²) >= 11 is 1.46. The Bertz CT molecular complexity index is 1630. The van der Waals surface area contributed by atoms with Gasteiger partial charge in [0, 0.05) is 0 Å². The average molecular weight is 656 g/mol. The van der Waals surface area contributed by atoms with E-state index in [0.717, 1.165) is 19.3 Å². The van der Waals surface area contributed by atoms with Gasteiger partial charge < -0.3 is 24.8 Å². The quantitative estimate of drug-likeness (QED) is 0.242. The molecule has 5 aromatic rings. The monoisotopic (exact) mass is 653 g/mol. The SMILES string of the molecule is CCc1ccc2c(c1)[cH-]c1c(C3=CC=CC3)c(CC)c(C(C)C)cc12.[Cl-].[Cl-].[Zr+2]=[C](c1ccccc1)c1ccccc1. The molecule has 0 saturated heterocycles. The van der Waals surface area contributed by atoms with Crippen LogP contribution < -0.4 is 24.8 Å². The van der Waals surface area contributed by atoms with E-state index >= 15 is 0 Å². The van der Waals surface area contributed by atoms with Gasteiger partial charge in [-0.25, -0.2) is 0 Å². The molecule has 5 aromatic carbocycles. The van der Waals surface area contributed by atoms with Gasteiger partial charge in [0.25, 0.3) is 0 Å². The van der Waals surface area contributed by atoms with Gasteiger partial charge in [0.05, 0.1) is 0 Å². The van der Waals surface area contributed by atoms with Gasteiger partial charge in [0.15, 0.2) is 0 Å². The van der Waals surface area contributed by atoms with Crippen molar-refractivity contribution in [3.8, 4) is 0 Å². The molecule has 0 unspecified atom stereocenters. The number of aryl methyl sites for hydroxylation is 1. The van der Waals surface area contributed by atoms with E-state index < -0.39 is 0 Å². The van der Waals surface area contributed by atoms with Crippen LogP contribution in [-0.2, 0) is 37.1 Å². The summed E-state index contributed by atoms with van der Waals surface area (Å²) in [6.07, 6.45) is 10.0. The first-order valence-electron chi connectivity index (χ1n) is 14.2. The van der Waals surface area contributed by atoms with E-state index in [-0.39, 0.29) is 24.8 Å². The van der Waals surface area contributed by atoms with Crippen LogP contribution in [0.25, 0.3) is 27.1 Å². The maximum absolute atomic E-state index is 2.47. The van der Waals surface area contributed by atoms with Crippen molar-refractivity contribution in [1.29, 1.82) is 0 Å². The average Bonchev–Trinajstić information content (AvgIpc) is 3.64. The molecular formula is C38H37Cl2Zr-. The molecule has 0 bridgehead atoms. The number of halogens is 2. The van der Waals surface area contributed by atoms with Crippen molar-refractivity contribution in [3.63, 3.8) is 0 Å². The van der Waals surface area contributed by atoms with Crippen molar-refractivity contribution in [2.24, 2.45) is 0 Å². The molecule has 0 atom stereocenters. The van der Waals surface area contributed by atoms with Gasteiger partial charge >= 0.3 is 99.2 Å². The first kappa shape index (κ1) is 33.1. The molecule has 0 aromatic heterocycles. The molecule has 0 nitrogen and oxygen atoms in total. The molecule has 0 saturated carbocycles. The van der Waals surface area contributed by atoms with Crippen LogP contribution >= 0.6 is 0 Å². The summed E-state index contributed by atoms with van der Waals surface area (Å²) in [5.41, 5.74) is 10.1. The predicted octanol–water partition coefficient (Wildman–Crippen LogP) is 4.11. The Morgan fingerprint density at radius 1 is 0.805 bits per heavy atom. The van der Waals surface area contributed by atoms with E-state index in [1.54, 1.807) is 5.56 Å². The Labute approximate surface area is 273 Å². The second-order valence-corrected chi connectivity index (χ2v) is 11.9. The second kappa shape index (κ2) is 15.2. The molecule has 1 aliphatic rings. The van der Waals surface area contributed by atoms with Crippen LogP contribution in [0.4, 0.5) is 0 Å². The number of benzene rings is 4. The molecular weight excluding hydrogens is 619 g/mol. The molecule has 0 radical (unpaired) electrons. The molecule has 0 fully saturated rings. The topological polar surface area (TPSA) is 0 Å². The molecule has 6 rings (SSSR count). The molecule has 0 aliphatic heterocycles. The Kier molecular flexibility index (Phi) is 12.2. The van der Waals surface area contributed by atoms with Crippen LogP contribution in [0.2, 0.25) is 0 Å². The predicted molar refractivity (Wildman–Crippen MR) is 168 cm³/mol. The van der Waals surface area contributed by atoms with E-state index in [4.69, 9.17) is 0 Å². The summed E-state index contributed by atoms with van der Waals surface area (Å²) < 4.78 is 1.42. The van der Waals surface area contributed by atoms with Gasteiger partial charge in [-0.05, 0) is 25.2 Å². The number of hydrogen-bond acceptors (Lipinski definition) is 0. The fourth-order valence-electron chi connectivity index (χ4n) is 5.76. The summed E-state index contributed by atoms with van der Waals surface area (Å²) in [6.45, 7) is 9.19. The summed E-state index contributed by atoms with van der Waals surface area (Å²) in [5.74, 6) is 0.549.